The van der Waals surface area contributed by atoms with Crippen molar-refractivity contribution in [1.82, 2.24) is 10.6 Å². The van der Waals surface area contributed by atoms with Gasteiger partial charge in [-0.15, -0.1) is 0 Å². The first-order valence-corrected chi connectivity index (χ1v) is 10.9. The van der Waals surface area contributed by atoms with Gasteiger partial charge in [0.05, 0.1) is 0 Å². The summed E-state index contributed by atoms with van der Waals surface area (Å²) in [4.78, 5) is 35.9. The van der Waals surface area contributed by atoms with Gasteiger partial charge in [-0.1, -0.05) is 19.9 Å². The van der Waals surface area contributed by atoms with E-state index in [4.69, 9.17) is 0 Å². The van der Waals surface area contributed by atoms with E-state index in [2.05, 4.69) is 30.6 Å². The average Bonchev–Trinajstić information content (AvgIpc) is 2.92. The van der Waals surface area contributed by atoms with Gasteiger partial charge in [-0.25, -0.2) is 0 Å². The molecule has 28 heavy (non-hydrogen) atoms. The minimum atomic E-state index is 0.0220. The standard InChI is InChI=1S/C23H34N2O3/c1-13(26)24-19-12-15-11-16(28)7-9-22(15,3)18-8-10-23(4)17(21(18)19)5-6-20(23)25-14(2)27/h7,9,15,17-21H,5-6,8,10-12H2,1-4H3,(H,24,26)(H,25,27)/t15?,17-,18+,19?,20?,21-,22-,23-/m0/s1. The summed E-state index contributed by atoms with van der Waals surface area (Å²) >= 11 is 0. The summed E-state index contributed by atoms with van der Waals surface area (Å²) in [5, 5.41) is 6.49. The highest BCUT2D eigenvalue weighted by Gasteiger charge is 2.62. The molecular weight excluding hydrogens is 352 g/mol. The first-order valence-electron chi connectivity index (χ1n) is 10.9. The predicted molar refractivity (Wildman–Crippen MR) is 107 cm³/mol. The summed E-state index contributed by atoms with van der Waals surface area (Å²) in [5.74, 6) is 1.96. The second-order valence-corrected chi connectivity index (χ2v) is 10.3. The van der Waals surface area contributed by atoms with Gasteiger partial charge in [0, 0.05) is 32.4 Å². The molecule has 3 saturated carbocycles. The van der Waals surface area contributed by atoms with Gasteiger partial charge >= 0.3 is 0 Å². The van der Waals surface area contributed by atoms with Gasteiger partial charge in [0.15, 0.2) is 5.78 Å². The molecule has 4 aliphatic carbocycles. The maximum absolute atomic E-state index is 12.1. The van der Waals surface area contributed by atoms with E-state index in [1.54, 1.807) is 19.9 Å². The molecule has 0 aromatic rings. The monoisotopic (exact) mass is 386 g/mol. The quantitative estimate of drug-likeness (QED) is 0.766. The first kappa shape index (κ1) is 19.7. The highest BCUT2D eigenvalue weighted by Crippen LogP contribution is 2.65. The molecular formula is C23H34N2O3. The SMILES string of the molecule is CC(=O)NC1CC2CC(=O)C=C[C@]2(C)[C@@H]2CC[C@]3(C)C(NC(C)=O)CC[C@H]3[C@H]12. The van der Waals surface area contributed by atoms with Crippen molar-refractivity contribution in [1.29, 1.82) is 0 Å². The Morgan fingerprint density at radius 1 is 1.04 bits per heavy atom. The van der Waals surface area contributed by atoms with Gasteiger partial charge in [-0.3, -0.25) is 14.4 Å². The molecule has 2 amide bonds. The van der Waals surface area contributed by atoms with Crippen molar-refractivity contribution < 1.29 is 14.4 Å². The molecule has 3 unspecified atom stereocenters. The second-order valence-electron chi connectivity index (χ2n) is 10.3. The fourth-order valence-electron chi connectivity index (χ4n) is 7.55. The van der Waals surface area contributed by atoms with Crippen LogP contribution < -0.4 is 10.6 Å². The second kappa shape index (κ2) is 6.70. The van der Waals surface area contributed by atoms with E-state index in [1.165, 1.54) is 0 Å². The van der Waals surface area contributed by atoms with Crippen LogP contribution in [0.2, 0.25) is 0 Å². The summed E-state index contributed by atoms with van der Waals surface area (Å²) in [6, 6.07) is 0.350. The zero-order valence-electron chi connectivity index (χ0n) is 17.6. The fraction of sp³-hybridized carbons (Fsp3) is 0.783. The van der Waals surface area contributed by atoms with Crippen LogP contribution in [0.4, 0.5) is 0 Å². The van der Waals surface area contributed by atoms with Gasteiger partial charge in [0.25, 0.3) is 0 Å². The molecule has 3 fully saturated rings. The summed E-state index contributed by atoms with van der Waals surface area (Å²) < 4.78 is 0. The molecule has 0 bridgehead atoms. The molecule has 0 heterocycles. The van der Waals surface area contributed by atoms with Gasteiger partial charge in [0.1, 0.15) is 0 Å². The number of carbonyl (C=O) groups is 3. The maximum atomic E-state index is 12.1. The number of ketones is 1. The molecule has 5 nitrogen and oxygen atoms in total. The van der Waals surface area contributed by atoms with Crippen LogP contribution in [0.25, 0.3) is 0 Å². The van der Waals surface area contributed by atoms with Crippen molar-refractivity contribution in [2.75, 3.05) is 0 Å². The van der Waals surface area contributed by atoms with Crippen LogP contribution in [0.3, 0.4) is 0 Å². The minimum Gasteiger partial charge on any atom is -0.353 e. The highest BCUT2D eigenvalue weighted by molar-refractivity contribution is 5.91. The number of hydrogen-bond donors (Lipinski definition) is 2. The number of rotatable bonds is 2. The number of nitrogens with one attached hydrogen (secondary N) is 2. The van der Waals surface area contributed by atoms with E-state index >= 15 is 0 Å². The lowest BCUT2D eigenvalue weighted by molar-refractivity contribution is -0.130. The fourth-order valence-corrected chi connectivity index (χ4v) is 7.55. The summed E-state index contributed by atoms with van der Waals surface area (Å²) in [7, 11) is 0. The van der Waals surface area contributed by atoms with Gasteiger partial charge in [-0.05, 0) is 72.7 Å². The van der Waals surface area contributed by atoms with E-state index in [0.29, 0.717) is 30.1 Å². The van der Waals surface area contributed by atoms with Crippen molar-refractivity contribution in [2.24, 2.45) is 34.5 Å². The average molecular weight is 387 g/mol. The Bertz CT molecular complexity index is 731. The molecule has 0 aromatic carbocycles. The molecule has 154 valence electrons. The van der Waals surface area contributed by atoms with E-state index in [0.717, 1.165) is 32.1 Å². The zero-order valence-corrected chi connectivity index (χ0v) is 17.6. The van der Waals surface area contributed by atoms with Crippen molar-refractivity contribution in [2.45, 2.75) is 78.3 Å². The van der Waals surface area contributed by atoms with Crippen LogP contribution in [0.1, 0.15) is 66.2 Å². The maximum Gasteiger partial charge on any atom is 0.217 e. The molecule has 0 saturated heterocycles. The van der Waals surface area contributed by atoms with Crippen LogP contribution in [0.15, 0.2) is 12.2 Å². The normalized spacial score (nSPS) is 46.9. The third-order valence-corrected chi connectivity index (χ3v) is 8.86. The number of hydrogen-bond acceptors (Lipinski definition) is 3. The lowest BCUT2D eigenvalue weighted by Gasteiger charge is -2.61. The van der Waals surface area contributed by atoms with Gasteiger partial charge in [0.2, 0.25) is 11.8 Å². The number of amides is 2. The third-order valence-electron chi connectivity index (χ3n) is 8.86. The summed E-state index contributed by atoms with van der Waals surface area (Å²) in [6.45, 7) is 7.90. The topological polar surface area (TPSA) is 75.3 Å². The van der Waals surface area contributed by atoms with Gasteiger partial charge < -0.3 is 10.6 Å². The molecule has 0 aliphatic heterocycles. The lowest BCUT2D eigenvalue weighted by atomic mass is 9.45. The van der Waals surface area contributed by atoms with Crippen molar-refractivity contribution in [3.63, 3.8) is 0 Å². The van der Waals surface area contributed by atoms with Crippen LogP contribution in [-0.2, 0) is 14.4 Å². The Balaban J connectivity index is 1.71. The van der Waals surface area contributed by atoms with Crippen molar-refractivity contribution in [3.8, 4) is 0 Å². The Morgan fingerprint density at radius 3 is 2.43 bits per heavy atom. The minimum absolute atomic E-state index is 0.0220. The molecule has 0 spiro atoms. The summed E-state index contributed by atoms with van der Waals surface area (Å²) in [5.41, 5.74) is 0.113. The molecule has 0 radical (unpaired) electrons. The van der Waals surface area contributed by atoms with Crippen molar-refractivity contribution in [3.05, 3.63) is 12.2 Å². The van der Waals surface area contributed by atoms with Gasteiger partial charge in [-0.2, -0.15) is 0 Å². The Hall–Kier alpha value is -1.65. The van der Waals surface area contributed by atoms with Crippen LogP contribution in [0, 0.1) is 34.5 Å². The molecule has 4 aliphatic rings. The van der Waals surface area contributed by atoms with Crippen LogP contribution in [-0.4, -0.2) is 29.7 Å². The molecule has 4 rings (SSSR count). The Labute approximate surface area is 168 Å². The van der Waals surface area contributed by atoms with E-state index < -0.39 is 0 Å². The molecule has 5 heteroatoms. The smallest absolute Gasteiger partial charge is 0.217 e. The molecule has 8 atom stereocenters. The van der Waals surface area contributed by atoms with Crippen molar-refractivity contribution >= 4 is 17.6 Å². The highest BCUT2D eigenvalue weighted by atomic mass is 16.2. The van der Waals surface area contributed by atoms with Crippen LogP contribution >= 0.6 is 0 Å². The Morgan fingerprint density at radius 2 is 1.75 bits per heavy atom. The summed E-state index contributed by atoms with van der Waals surface area (Å²) in [6.07, 6.45) is 9.78. The molecule has 2 N–H and O–H groups in total. The van der Waals surface area contributed by atoms with E-state index in [9.17, 15) is 14.4 Å². The third kappa shape index (κ3) is 2.93. The Kier molecular flexibility index (Phi) is 4.71. The number of carbonyl (C=O) groups excluding carboxylic acids is 3. The lowest BCUT2D eigenvalue weighted by Crippen LogP contribution is -2.62. The van der Waals surface area contributed by atoms with E-state index in [1.807, 2.05) is 0 Å². The number of allylic oxidation sites excluding steroid dienone is 2. The van der Waals surface area contributed by atoms with Crippen LogP contribution in [0.5, 0.6) is 0 Å². The zero-order chi connectivity index (χ0) is 20.3. The molecule has 0 aromatic heterocycles. The number of fused-ring (bicyclic) bond motifs is 5. The van der Waals surface area contributed by atoms with E-state index in [-0.39, 0.29) is 40.5 Å². The first-order chi connectivity index (χ1) is 13.1. The largest absolute Gasteiger partial charge is 0.353 e. The predicted octanol–water partition coefficient (Wildman–Crippen LogP) is 2.99.